The fourth-order valence-electron chi connectivity index (χ4n) is 1.72. The fraction of sp³-hybridized carbons (Fsp3) is 0.231. The van der Waals surface area contributed by atoms with Gasteiger partial charge in [0.2, 0.25) is 0 Å². The smallest absolute Gasteiger partial charge is 0.135 e. The quantitative estimate of drug-likeness (QED) is 0.896. The van der Waals surface area contributed by atoms with Crippen LogP contribution in [0.1, 0.15) is 5.82 Å². The van der Waals surface area contributed by atoms with Crippen molar-refractivity contribution in [3.05, 3.63) is 30.2 Å². The molecule has 1 heterocycles. The zero-order valence-electron chi connectivity index (χ0n) is 10.6. The summed E-state index contributed by atoms with van der Waals surface area (Å²) in [4.78, 5) is 8.30. The van der Waals surface area contributed by atoms with E-state index in [1.807, 2.05) is 12.1 Å². The average Bonchev–Trinajstić information content (AvgIpc) is 2.38. The summed E-state index contributed by atoms with van der Waals surface area (Å²) in [5, 5.41) is 0. The number of benzene rings is 1. The van der Waals surface area contributed by atoms with Crippen LogP contribution >= 0.6 is 0 Å². The third kappa shape index (κ3) is 2.20. The Morgan fingerprint density at radius 3 is 2.50 bits per heavy atom. The van der Waals surface area contributed by atoms with Gasteiger partial charge in [0.1, 0.15) is 23.1 Å². The van der Waals surface area contributed by atoms with Gasteiger partial charge in [-0.1, -0.05) is 0 Å². The molecule has 0 saturated carbocycles. The summed E-state index contributed by atoms with van der Waals surface area (Å²) in [7, 11) is 3.21. The van der Waals surface area contributed by atoms with E-state index in [1.54, 1.807) is 33.4 Å². The number of aryl methyl sites for hydroxylation is 1. The minimum Gasteiger partial charge on any atom is -0.497 e. The normalized spacial score (nSPS) is 10.2. The maximum Gasteiger partial charge on any atom is 0.135 e. The number of rotatable bonds is 3. The molecule has 1 aromatic carbocycles. The highest BCUT2D eigenvalue weighted by Crippen LogP contribution is 2.35. The molecule has 2 N–H and O–H groups in total. The van der Waals surface area contributed by atoms with Crippen LogP contribution in [0.15, 0.2) is 24.4 Å². The van der Waals surface area contributed by atoms with E-state index in [0.717, 1.165) is 16.9 Å². The molecule has 5 heteroatoms. The Bertz CT molecular complexity index is 570. The van der Waals surface area contributed by atoms with Crippen molar-refractivity contribution in [2.45, 2.75) is 6.92 Å². The van der Waals surface area contributed by atoms with Crippen LogP contribution in [0.4, 0.5) is 5.82 Å². The molecular weight excluding hydrogens is 230 g/mol. The first-order valence-electron chi connectivity index (χ1n) is 5.47. The van der Waals surface area contributed by atoms with Crippen molar-refractivity contribution in [3.8, 4) is 22.6 Å². The van der Waals surface area contributed by atoms with Crippen LogP contribution in [0.2, 0.25) is 0 Å². The number of anilines is 1. The molecule has 0 aliphatic rings. The maximum absolute atomic E-state index is 5.91. The summed E-state index contributed by atoms with van der Waals surface area (Å²) < 4.78 is 10.5. The highest BCUT2D eigenvalue weighted by Gasteiger charge is 2.11. The number of nitrogens with zero attached hydrogens (tertiary/aromatic N) is 2. The van der Waals surface area contributed by atoms with Gasteiger partial charge >= 0.3 is 0 Å². The van der Waals surface area contributed by atoms with Gasteiger partial charge in [0.25, 0.3) is 0 Å². The lowest BCUT2D eigenvalue weighted by molar-refractivity contribution is 0.395. The number of hydrogen-bond acceptors (Lipinski definition) is 5. The van der Waals surface area contributed by atoms with Crippen LogP contribution in [0, 0.1) is 6.92 Å². The summed E-state index contributed by atoms with van der Waals surface area (Å²) in [6.07, 6.45) is 1.70. The summed E-state index contributed by atoms with van der Waals surface area (Å²) in [6.45, 7) is 1.80. The molecule has 0 spiro atoms. The molecule has 18 heavy (non-hydrogen) atoms. The van der Waals surface area contributed by atoms with Gasteiger partial charge in [0, 0.05) is 23.4 Å². The van der Waals surface area contributed by atoms with Crippen LogP contribution in [-0.4, -0.2) is 24.2 Å². The molecule has 1 aromatic heterocycles. The Morgan fingerprint density at radius 1 is 1.11 bits per heavy atom. The zero-order chi connectivity index (χ0) is 13.1. The zero-order valence-corrected chi connectivity index (χ0v) is 10.6. The van der Waals surface area contributed by atoms with Gasteiger partial charge in [-0.15, -0.1) is 0 Å². The minimum atomic E-state index is 0.436. The van der Waals surface area contributed by atoms with Crippen LogP contribution in [0.25, 0.3) is 11.1 Å². The molecule has 0 bridgehead atoms. The summed E-state index contributed by atoms with van der Waals surface area (Å²) in [5.74, 6) is 2.48. The second kappa shape index (κ2) is 4.91. The third-order valence-corrected chi connectivity index (χ3v) is 2.64. The Morgan fingerprint density at radius 2 is 1.89 bits per heavy atom. The van der Waals surface area contributed by atoms with E-state index >= 15 is 0 Å². The van der Waals surface area contributed by atoms with E-state index in [2.05, 4.69) is 9.97 Å². The maximum atomic E-state index is 5.91. The van der Waals surface area contributed by atoms with Crippen molar-refractivity contribution in [2.75, 3.05) is 20.0 Å². The number of hydrogen-bond donors (Lipinski definition) is 1. The number of nitrogen functional groups attached to an aromatic ring is 1. The molecule has 94 valence electrons. The van der Waals surface area contributed by atoms with E-state index in [1.165, 1.54) is 0 Å². The molecule has 0 aliphatic heterocycles. The first-order chi connectivity index (χ1) is 8.65. The first-order valence-corrected chi connectivity index (χ1v) is 5.47. The van der Waals surface area contributed by atoms with Gasteiger partial charge < -0.3 is 15.2 Å². The second-order valence-electron chi connectivity index (χ2n) is 3.78. The average molecular weight is 245 g/mol. The van der Waals surface area contributed by atoms with Crippen molar-refractivity contribution in [2.24, 2.45) is 0 Å². The van der Waals surface area contributed by atoms with Crippen molar-refractivity contribution in [1.82, 2.24) is 9.97 Å². The lowest BCUT2D eigenvalue weighted by atomic mass is 10.1. The Labute approximate surface area is 106 Å². The number of nitrogens with two attached hydrogens (primary N) is 1. The molecule has 0 saturated heterocycles. The van der Waals surface area contributed by atoms with E-state index < -0.39 is 0 Å². The molecule has 0 fully saturated rings. The van der Waals surface area contributed by atoms with Crippen molar-refractivity contribution in [1.29, 1.82) is 0 Å². The van der Waals surface area contributed by atoms with Crippen LogP contribution < -0.4 is 15.2 Å². The Hall–Kier alpha value is -2.30. The Kier molecular flexibility index (Phi) is 3.32. The minimum absolute atomic E-state index is 0.436. The lowest BCUT2D eigenvalue weighted by Crippen LogP contribution is -1.99. The molecule has 0 radical (unpaired) electrons. The van der Waals surface area contributed by atoms with Gasteiger partial charge in [-0.2, -0.15) is 0 Å². The third-order valence-electron chi connectivity index (χ3n) is 2.64. The predicted molar refractivity (Wildman–Crippen MR) is 69.7 cm³/mol. The van der Waals surface area contributed by atoms with Crippen LogP contribution in [0.5, 0.6) is 11.5 Å². The van der Waals surface area contributed by atoms with Crippen molar-refractivity contribution >= 4 is 5.82 Å². The lowest BCUT2D eigenvalue weighted by Gasteiger charge is -2.11. The molecule has 0 unspecified atom stereocenters. The first kappa shape index (κ1) is 12.2. The van der Waals surface area contributed by atoms with E-state index in [9.17, 15) is 0 Å². The number of aromatic nitrogens is 2. The molecular formula is C13H15N3O2. The molecule has 0 amide bonds. The molecule has 0 aliphatic carbocycles. The fourth-order valence-corrected chi connectivity index (χ4v) is 1.72. The van der Waals surface area contributed by atoms with Crippen LogP contribution in [-0.2, 0) is 0 Å². The van der Waals surface area contributed by atoms with E-state index in [0.29, 0.717) is 17.4 Å². The van der Waals surface area contributed by atoms with E-state index in [4.69, 9.17) is 15.2 Å². The van der Waals surface area contributed by atoms with Crippen LogP contribution in [0.3, 0.4) is 0 Å². The predicted octanol–water partition coefficient (Wildman–Crippen LogP) is 2.05. The Balaban J connectivity index is 2.56. The molecule has 5 nitrogen and oxygen atoms in total. The number of ether oxygens (including phenoxy) is 2. The second-order valence-corrected chi connectivity index (χ2v) is 3.78. The largest absolute Gasteiger partial charge is 0.497 e. The summed E-state index contributed by atoms with van der Waals surface area (Å²) >= 11 is 0. The summed E-state index contributed by atoms with van der Waals surface area (Å²) in [6, 6.07) is 5.52. The van der Waals surface area contributed by atoms with E-state index in [-0.39, 0.29) is 0 Å². The highest BCUT2D eigenvalue weighted by molar-refractivity contribution is 5.78. The SMILES string of the molecule is COc1ccc(-c2cnc(C)nc2N)c(OC)c1. The van der Waals surface area contributed by atoms with Gasteiger partial charge in [0.05, 0.1) is 14.2 Å². The van der Waals surface area contributed by atoms with Gasteiger partial charge in [-0.3, -0.25) is 0 Å². The summed E-state index contributed by atoms with van der Waals surface area (Å²) in [5.41, 5.74) is 7.50. The number of methoxy groups -OCH3 is 2. The molecule has 2 aromatic rings. The monoisotopic (exact) mass is 245 g/mol. The van der Waals surface area contributed by atoms with Gasteiger partial charge in [0.15, 0.2) is 0 Å². The van der Waals surface area contributed by atoms with Gasteiger partial charge in [-0.25, -0.2) is 9.97 Å². The topological polar surface area (TPSA) is 70.3 Å². The van der Waals surface area contributed by atoms with Crippen molar-refractivity contribution < 1.29 is 9.47 Å². The standard InChI is InChI=1S/C13H15N3O2/c1-8-15-7-11(13(14)16-8)10-5-4-9(17-2)6-12(10)18-3/h4-7H,1-3H3,(H2,14,15,16). The molecule has 2 rings (SSSR count). The highest BCUT2D eigenvalue weighted by atomic mass is 16.5. The molecule has 0 atom stereocenters. The van der Waals surface area contributed by atoms with Crippen molar-refractivity contribution in [3.63, 3.8) is 0 Å². The van der Waals surface area contributed by atoms with Gasteiger partial charge in [-0.05, 0) is 19.1 Å².